The fourth-order valence-electron chi connectivity index (χ4n) is 3.64. The summed E-state index contributed by atoms with van der Waals surface area (Å²) in [4.78, 5) is 17.0. The molecule has 2 atom stereocenters. The molecule has 3 heterocycles. The lowest BCUT2D eigenvalue weighted by molar-refractivity contribution is 0.0153. The van der Waals surface area contributed by atoms with Crippen molar-refractivity contribution in [2.45, 2.75) is 64.3 Å². The maximum atomic E-state index is 12.5. The molecule has 0 N–H and O–H groups in total. The molecular formula is C17H28N4O2. The van der Waals surface area contributed by atoms with E-state index in [9.17, 15) is 4.79 Å². The van der Waals surface area contributed by atoms with Gasteiger partial charge in [-0.1, -0.05) is 0 Å². The first-order chi connectivity index (χ1) is 10.9. The molecule has 6 heteroatoms. The van der Waals surface area contributed by atoms with E-state index in [4.69, 9.17) is 4.74 Å². The van der Waals surface area contributed by atoms with Gasteiger partial charge in [0.15, 0.2) is 0 Å². The number of fused-ring (bicyclic) bond motifs is 2. The zero-order valence-electron chi connectivity index (χ0n) is 14.4. The Morgan fingerprint density at radius 3 is 2.70 bits per heavy atom. The zero-order valence-corrected chi connectivity index (χ0v) is 14.4. The molecule has 0 aliphatic carbocycles. The van der Waals surface area contributed by atoms with E-state index in [1.807, 2.05) is 48.8 Å². The highest BCUT2D eigenvalue weighted by atomic mass is 16.6. The average molecular weight is 320 g/mol. The van der Waals surface area contributed by atoms with Crippen molar-refractivity contribution >= 4 is 6.09 Å². The van der Waals surface area contributed by atoms with Crippen LogP contribution in [0.5, 0.6) is 0 Å². The van der Waals surface area contributed by atoms with Crippen LogP contribution >= 0.6 is 0 Å². The number of carbonyl (C=O) groups excluding carboxylic acids is 1. The van der Waals surface area contributed by atoms with Gasteiger partial charge < -0.3 is 9.64 Å². The summed E-state index contributed by atoms with van der Waals surface area (Å²) >= 11 is 0. The second-order valence-corrected chi connectivity index (χ2v) is 7.63. The van der Waals surface area contributed by atoms with Crippen molar-refractivity contribution in [1.29, 1.82) is 0 Å². The first kappa shape index (κ1) is 16.3. The topological polar surface area (TPSA) is 50.6 Å². The number of amides is 1. The van der Waals surface area contributed by atoms with Crippen LogP contribution in [0.1, 0.15) is 40.0 Å². The van der Waals surface area contributed by atoms with Crippen LogP contribution in [0.25, 0.3) is 0 Å². The largest absolute Gasteiger partial charge is 0.444 e. The van der Waals surface area contributed by atoms with Crippen LogP contribution in [0, 0.1) is 0 Å². The smallest absolute Gasteiger partial charge is 0.410 e. The van der Waals surface area contributed by atoms with Gasteiger partial charge in [-0.2, -0.15) is 5.10 Å². The summed E-state index contributed by atoms with van der Waals surface area (Å²) in [5, 5.41) is 4.26. The van der Waals surface area contributed by atoms with Gasteiger partial charge in [0.05, 0.1) is 6.54 Å². The molecule has 2 aliphatic heterocycles. The van der Waals surface area contributed by atoms with E-state index in [0.717, 1.165) is 45.4 Å². The number of nitrogens with zero attached hydrogens (tertiary/aromatic N) is 4. The third kappa shape index (κ3) is 4.05. The molecule has 0 spiro atoms. The molecule has 0 aromatic carbocycles. The van der Waals surface area contributed by atoms with Crippen molar-refractivity contribution < 1.29 is 9.53 Å². The first-order valence-corrected chi connectivity index (χ1v) is 8.63. The molecule has 2 fully saturated rings. The third-order valence-electron chi connectivity index (χ3n) is 4.68. The average Bonchev–Trinajstić information content (AvgIpc) is 3.03. The summed E-state index contributed by atoms with van der Waals surface area (Å²) in [7, 11) is 0. The number of rotatable bonds is 3. The Balaban J connectivity index is 1.59. The minimum absolute atomic E-state index is 0.140. The number of likely N-dealkylation sites (tertiary alicyclic amines) is 1. The zero-order chi connectivity index (χ0) is 16.4. The second kappa shape index (κ2) is 6.51. The Morgan fingerprint density at radius 1 is 1.22 bits per heavy atom. The van der Waals surface area contributed by atoms with Crippen LogP contribution in [0.2, 0.25) is 0 Å². The molecule has 6 nitrogen and oxygen atoms in total. The summed E-state index contributed by atoms with van der Waals surface area (Å²) < 4.78 is 7.59. The molecule has 2 aliphatic rings. The molecule has 3 rings (SSSR count). The lowest BCUT2D eigenvalue weighted by Crippen LogP contribution is -2.45. The highest BCUT2D eigenvalue weighted by molar-refractivity contribution is 5.69. The normalized spacial score (nSPS) is 25.4. The summed E-state index contributed by atoms with van der Waals surface area (Å²) in [6.07, 6.45) is 6.90. The molecule has 1 amide bonds. The monoisotopic (exact) mass is 320 g/mol. The maximum Gasteiger partial charge on any atom is 0.410 e. The summed E-state index contributed by atoms with van der Waals surface area (Å²) in [5.74, 6) is 0. The van der Waals surface area contributed by atoms with E-state index in [1.54, 1.807) is 0 Å². The van der Waals surface area contributed by atoms with Crippen molar-refractivity contribution in [1.82, 2.24) is 19.6 Å². The van der Waals surface area contributed by atoms with E-state index in [2.05, 4.69) is 10.00 Å². The van der Waals surface area contributed by atoms with Crippen molar-refractivity contribution in [2.24, 2.45) is 0 Å². The molecule has 2 saturated heterocycles. The summed E-state index contributed by atoms with van der Waals surface area (Å²) in [6, 6.07) is 2.58. The van der Waals surface area contributed by atoms with Crippen molar-refractivity contribution in [2.75, 3.05) is 19.6 Å². The highest BCUT2D eigenvalue weighted by Gasteiger charge is 2.41. The van der Waals surface area contributed by atoms with Crippen LogP contribution in [0.15, 0.2) is 18.5 Å². The quantitative estimate of drug-likeness (QED) is 0.858. The molecule has 1 aromatic rings. The van der Waals surface area contributed by atoms with Crippen LogP contribution in [-0.4, -0.2) is 63.0 Å². The van der Waals surface area contributed by atoms with E-state index in [-0.39, 0.29) is 12.1 Å². The molecule has 2 unspecified atom stereocenters. The van der Waals surface area contributed by atoms with Gasteiger partial charge >= 0.3 is 6.09 Å². The van der Waals surface area contributed by atoms with Gasteiger partial charge in [-0.15, -0.1) is 0 Å². The van der Waals surface area contributed by atoms with Crippen LogP contribution in [0.3, 0.4) is 0 Å². The van der Waals surface area contributed by atoms with E-state index < -0.39 is 5.60 Å². The Kier molecular flexibility index (Phi) is 4.62. The number of ether oxygens (including phenoxy) is 1. The second-order valence-electron chi connectivity index (χ2n) is 7.63. The lowest BCUT2D eigenvalue weighted by atomic mass is 10.1. The Hall–Kier alpha value is -1.56. The van der Waals surface area contributed by atoms with Gasteiger partial charge in [-0.25, -0.2) is 4.79 Å². The van der Waals surface area contributed by atoms with Crippen molar-refractivity contribution in [3.05, 3.63) is 18.5 Å². The highest BCUT2D eigenvalue weighted by Crippen LogP contribution is 2.31. The van der Waals surface area contributed by atoms with Gasteiger partial charge in [-0.05, 0) is 46.1 Å². The summed E-state index contributed by atoms with van der Waals surface area (Å²) in [6.45, 7) is 9.66. The molecule has 1 aromatic heterocycles. The predicted octanol–water partition coefficient (Wildman–Crippen LogP) is 2.36. The van der Waals surface area contributed by atoms with Crippen molar-refractivity contribution in [3.63, 3.8) is 0 Å². The molecule has 0 radical (unpaired) electrons. The van der Waals surface area contributed by atoms with E-state index in [1.165, 1.54) is 0 Å². The Labute approximate surface area is 138 Å². The fourth-order valence-corrected chi connectivity index (χ4v) is 3.64. The van der Waals surface area contributed by atoms with Gasteiger partial charge in [0, 0.05) is 44.1 Å². The molecule has 0 saturated carbocycles. The molecule has 23 heavy (non-hydrogen) atoms. The minimum Gasteiger partial charge on any atom is -0.444 e. The number of aromatic nitrogens is 2. The van der Waals surface area contributed by atoms with Crippen LogP contribution in [0.4, 0.5) is 4.79 Å². The Bertz CT molecular complexity index is 523. The number of carbonyl (C=O) groups is 1. The van der Waals surface area contributed by atoms with Gasteiger partial charge in [0.25, 0.3) is 0 Å². The SMILES string of the molecule is CC(C)(C)OC(=O)N1C2CCC1CN(CCn1cccn1)CC2. The van der Waals surface area contributed by atoms with Crippen LogP contribution < -0.4 is 0 Å². The van der Waals surface area contributed by atoms with E-state index in [0.29, 0.717) is 6.04 Å². The molecular weight excluding hydrogens is 292 g/mol. The lowest BCUT2D eigenvalue weighted by Gasteiger charge is -2.31. The van der Waals surface area contributed by atoms with Gasteiger partial charge in [-0.3, -0.25) is 9.58 Å². The number of hydrogen-bond acceptors (Lipinski definition) is 4. The first-order valence-electron chi connectivity index (χ1n) is 8.63. The van der Waals surface area contributed by atoms with Gasteiger partial charge in [0.2, 0.25) is 0 Å². The van der Waals surface area contributed by atoms with Crippen molar-refractivity contribution in [3.8, 4) is 0 Å². The predicted molar refractivity (Wildman–Crippen MR) is 88.2 cm³/mol. The standard InChI is InChI=1S/C17H28N4O2/c1-17(2,3)23-16(22)21-14-5-6-15(21)13-19(10-7-14)11-12-20-9-4-8-18-20/h4,8-9,14-15H,5-7,10-13H2,1-3H3. The molecule has 128 valence electrons. The fraction of sp³-hybridized carbons (Fsp3) is 0.765. The maximum absolute atomic E-state index is 12.5. The molecule has 2 bridgehead atoms. The summed E-state index contributed by atoms with van der Waals surface area (Å²) in [5.41, 5.74) is -0.428. The van der Waals surface area contributed by atoms with Crippen LogP contribution in [-0.2, 0) is 11.3 Å². The van der Waals surface area contributed by atoms with E-state index >= 15 is 0 Å². The third-order valence-corrected chi connectivity index (χ3v) is 4.68. The Morgan fingerprint density at radius 2 is 2.00 bits per heavy atom. The van der Waals surface area contributed by atoms with Gasteiger partial charge in [0.1, 0.15) is 5.60 Å². The number of hydrogen-bond donors (Lipinski definition) is 0. The minimum atomic E-state index is -0.428.